The minimum atomic E-state index is -0.734. The molecule has 0 unspecified atom stereocenters. The van der Waals surface area contributed by atoms with Crippen LogP contribution in [0.4, 0.5) is 14.5 Å². The fourth-order valence-corrected chi connectivity index (χ4v) is 5.20. The van der Waals surface area contributed by atoms with Gasteiger partial charge >= 0.3 is 0 Å². The summed E-state index contributed by atoms with van der Waals surface area (Å²) in [5, 5.41) is 19.8. The van der Waals surface area contributed by atoms with Gasteiger partial charge in [0.2, 0.25) is 5.88 Å². The molecule has 3 aromatic rings. The summed E-state index contributed by atoms with van der Waals surface area (Å²) < 4.78 is 47.7. The number of anilines is 1. The number of rotatable bonds is 5. The lowest BCUT2D eigenvalue weighted by atomic mass is 10.1. The highest BCUT2D eigenvalue weighted by Crippen LogP contribution is 2.35. The molecular weight excluding hydrogens is 474 g/mol. The summed E-state index contributed by atoms with van der Waals surface area (Å²) in [5.41, 5.74) is 1.87. The van der Waals surface area contributed by atoms with Gasteiger partial charge in [0.05, 0.1) is 41.7 Å². The van der Waals surface area contributed by atoms with Crippen LogP contribution in [0.25, 0.3) is 22.3 Å². The summed E-state index contributed by atoms with van der Waals surface area (Å²) in [6.45, 7) is 1.31. The van der Waals surface area contributed by atoms with Crippen LogP contribution in [0.1, 0.15) is 12.0 Å². The maximum atomic E-state index is 15.2. The van der Waals surface area contributed by atoms with Gasteiger partial charge in [-0.15, -0.1) is 0 Å². The van der Waals surface area contributed by atoms with Crippen molar-refractivity contribution in [2.75, 3.05) is 38.3 Å². The van der Waals surface area contributed by atoms with Crippen molar-refractivity contribution in [2.24, 2.45) is 4.99 Å². The van der Waals surface area contributed by atoms with E-state index in [2.05, 4.69) is 15.0 Å². The van der Waals surface area contributed by atoms with Gasteiger partial charge in [-0.2, -0.15) is 0 Å². The highest BCUT2D eigenvalue weighted by atomic mass is 19.1. The molecule has 9 nitrogen and oxygen atoms in total. The second kappa shape index (κ2) is 9.07. The third-order valence-electron chi connectivity index (χ3n) is 6.96. The number of ether oxygens (including phenoxy) is 3. The molecule has 190 valence electrons. The van der Waals surface area contributed by atoms with Crippen LogP contribution in [0.15, 0.2) is 29.3 Å². The second-order valence-electron chi connectivity index (χ2n) is 9.34. The number of H-pyrrole nitrogens is 1. The highest BCUT2D eigenvalue weighted by Gasteiger charge is 2.48. The molecule has 1 aromatic carbocycles. The number of aliphatic hydroxyl groups is 2. The Morgan fingerprint density at radius 3 is 2.67 bits per heavy atom. The van der Waals surface area contributed by atoms with E-state index in [0.29, 0.717) is 47.7 Å². The SMILES string of the molecule is C/N=C\c1c(O[C@@H]2CO[C@H]3[C@@H]2OC[C@H]3O)[nH]c2ccc(-c3c(F)cc(N4CC[C@@H](O)C4)cc3F)nc12. The summed E-state index contributed by atoms with van der Waals surface area (Å²) in [4.78, 5) is 13.6. The van der Waals surface area contributed by atoms with Crippen molar-refractivity contribution in [3.63, 3.8) is 0 Å². The number of benzene rings is 1. The molecule has 0 spiro atoms. The van der Waals surface area contributed by atoms with E-state index in [-0.39, 0.29) is 24.5 Å². The molecule has 3 aliphatic rings. The molecule has 0 amide bonds. The average Bonchev–Trinajstić information content (AvgIpc) is 3.61. The second-order valence-corrected chi connectivity index (χ2v) is 9.34. The number of aliphatic imine (C=N–C) groups is 1. The minimum absolute atomic E-state index is 0.133. The summed E-state index contributed by atoms with van der Waals surface area (Å²) in [6.07, 6.45) is -0.365. The fourth-order valence-electron chi connectivity index (χ4n) is 5.20. The van der Waals surface area contributed by atoms with Crippen LogP contribution < -0.4 is 9.64 Å². The fraction of sp³-hybridized carbons (Fsp3) is 0.440. The Balaban J connectivity index is 1.34. The van der Waals surface area contributed by atoms with E-state index in [4.69, 9.17) is 14.2 Å². The monoisotopic (exact) mass is 500 g/mol. The Kier molecular flexibility index (Phi) is 5.87. The predicted octanol–water partition coefficient (Wildman–Crippen LogP) is 2.03. The molecule has 0 saturated carbocycles. The number of nitrogens with one attached hydrogen (secondary N) is 1. The molecule has 2 aromatic heterocycles. The lowest BCUT2D eigenvalue weighted by Crippen LogP contribution is -2.34. The van der Waals surface area contributed by atoms with E-state index in [1.807, 2.05) is 0 Å². The van der Waals surface area contributed by atoms with Crippen LogP contribution in [0.2, 0.25) is 0 Å². The molecule has 5 atom stereocenters. The van der Waals surface area contributed by atoms with Gasteiger partial charge in [0.1, 0.15) is 35.5 Å². The average molecular weight is 501 g/mol. The number of halogens is 2. The molecule has 5 heterocycles. The van der Waals surface area contributed by atoms with Crippen molar-refractivity contribution in [1.82, 2.24) is 9.97 Å². The highest BCUT2D eigenvalue weighted by molar-refractivity contribution is 6.00. The lowest BCUT2D eigenvalue weighted by Gasteiger charge is -2.19. The third-order valence-corrected chi connectivity index (χ3v) is 6.96. The van der Waals surface area contributed by atoms with E-state index >= 15 is 8.78 Å². The van der Waals surface area contributed by atoms with E-state index in [1.165, 1.54) is 12.1 Å². The van der Waals surface area contributed by atoms with Gasteiger partial charge in [0, 0.05) is 32.0 Å². The van der Waals surface area contributed by atoms with E-state index in [0.717, 1.165) is 0 Å². The van der Waals surface area contributed by atoms with Crippen LogP contribution in [0.3, 0.4) is 0 Å². The molecular formula is C25H26F2N4O5. The lowest BCUT2D eigenvalue weighted by molar-refractivity contribution is 0.00792. The number of hydrogen-bond donors (Lipinski definition) is 3. The van der Waals surface area contributed by atoms with Gasteiger partial charge in [-0.1, -0.05) is 0 Å². The van der Waals surface area contributed by atoms with Crippen molar-refractivity contribution < 1.29 is 33.2 Å². The molecule has 0 aliphatic carbocycles. The quantitative estimate of drug-likeness (QED) is 0.460. The smallest absolute Gasteiger partial charge is 0.203 e. The minimum Gasteiger partial charge on any atom is -0.470 e. The first-order valence-electron chi connectivity index (χ1n) is 11.9. The van der Waals surface area contributed by atoms with E-state index < -0.39 is 42.2 Å². The summed E-state index contributed by atoms with van der Waals surface area (Å²) >= 11 is 0. The van der Waals surface area contributed by atoms with Crippen LogP contribution in [-0.4, -0.2) is 90.3 Å². The number of aliphatic hydroxyl groups excluding tert-OH is 2. The normalized spacial score (nSPS) is 28.0. The van der Waals surface area contributed by atoms with Gasteiger partial charge in [0.15, 0.2) is 6.10 Å². The van der Waals surface area contributed by atoms with Crippen LogP contribution in [-0.2, 0) is 9.47 Å². The summed E-state index contributed by atoms with van der Waals surface area (Å²) in [6, 6.07) is 5.77. The largest absolute Gasteiger partial charge is 0.470 e. The Labute approximate surface area is 205 Å². The Hall–Kier alpha value is -3.12. The molecule has 3 saturated heterocycles. The molecule has 0 radical (unpaired) electrons. The van der Waals surface area contributed by atoms with Gasteiger partial charge in [-0.05, 0) is 30.7 Å². The number of pyridine rings is 1. The van der Waals surface area contributed by atoms with Crippen molar-refractivity contribution in [3.8, 4) is 17.1 Å². The van der Waals surface area contributed by atoms with Crippen molar-refractivity contribution >= 4 is 22.9 Å². The van der Waals surface area contributed by atoms with Gasteiger partial charge in [-0.3, -0.25) is 4.99 Å². The number of nitrogens with zero attached hydrogens (tertiary/aromatic N) is 3. The predicted molar refractivity (Wildman–Crippen MR) is 128 cm³/mol. The molecule has 3 N–H and O–H groups in total. The number of aromatic amines is 1. The van der Waals surface area contributed by atoms with Gasteiger partial charge in [0.25, 0.3) is 0 Å². The Morgan fingerprint density at radius 1 is 1.17 bits per heavy atom. The topological polar surface area (TPSA) is 112 Å². The van der Waals surface area contributed by atoms with Crippen molar-refractivity contribution in [2.45, 2.75) is 36.9 Å². The number of β-amino-alcohol motifs (C(OH)–C–C–N with tert-alkyl or cyclic N) is 1. The van der Waals surface area contributed by atoms with Crippen LogP contribution >= 0.6 is 0 Å². The van der Waals surface area contributed by atoms with Crippen molar-refractivity contribution in [3.05, 3.63) is 41.5 Å². The number of aromatic nitrogens is 2. The zero-order valence-electron chi connectivity index (χ0n) is 19.5. The molecule has 3 aliphatic heterocycles. The first kappa shape index (κ1) is 23.3. The third kappa shape index (κ3) is 3.92. The van der Waals surface area contributed by atoms with Crippen LogP contribution in [0, 0.1) is 11.6 Å². The van der Waals surface area contributed by atoms with Gasteiger partial charge < -0.3 is 34.3 Å². The molecule has 3 fully saturated rings. The Morgan fingerprint density at radius 2 is 1.94 bits per heavy atom. The summed E-state index contributed by atoms with van der Waals surface area (Å²) in [5.74, 6) is -1.09. The number of hydrogen-bond acceptors (Lipinski definition) is 8. The summed E-state index contributed by atoms with van der Waals surface area (Å²) in [7, 11) is 1.60. The van der Waals surface area contributed by atoms with Crippen molar-refractivity contribution in [1.29, 1.82) is 0 Å². The molecule has 11 heteroatoms. The van der Waals surface area contributed by atoms with Gasteiger partial charge in [-0.25, -0.2) is 13.8 Å². The maximum absolute atomic E-state index is 15.2. The molecule has 36 heavy (non-hydrogen) atoms. The zero-order valence-corrected chi connectivity index (χ0v) is 19.5. The zero-order chi connectivity index (χ0) is 25.0. The van der Waals surface area contributed by atoms with Crippen LogP contribution in [0.5, 0.6) is 5.88 Å². The standard InChI is InChI=1S/C25H26F2N4O5/c1-28-8-14-22-18(30-25(14)36-20-11-35-23-19(33)10-34-24(20)23)3-2-17(29-22)21-15(26)6-12(7-16(21)27)31-5-4-13(32)9-31/h2-3,6-8,13,19-20,23-24,30,32-33H,4-5,9-11H2,1H3/b28-8-/t13-,19-,20-,23-,24-/m1/s1. The Bertz CT molecular complexity index is 1310. The van der Waals surface area contributed by atoms with E-state index in [1.54, 1.807) is 30.3 Å². The first-order valence-corrected chi connectivity index (χ1v) is 11.9. The molecule has 0 bridgehead atoms. The van der Waals surface area contributed by atoms with E-state index in [9.17, 15) is 10.2 Å². The number of fused-ring (bicyclic) bond motifs is 2. The molecule has 6 rings (SSSR count). The maximum Gasteiger partial charge on any atom is 0.203 e. The first-order chi connectivity index (χ1) is 17.4.